The van der Waals surface area contributed by atoms with Gasteiger partial charge in [0, 0.05) is 0 Å². The number of aliphatic hydroxyl groups is 1. The summed E-state index contributed by atoms with van der Waals surface area (Å²) in [6, 6.07) is 0. The molecule has 0 heterocycles. The fraction of sp³-hybridized carbons (Fsp3) is 0.750. The predicted octanol–water partition coefficient (Wildman–Crippen LogP) is 0.450. The van der Waals surface area contributed by atoms with Crippen LogP contribution in [0, 0.1) is 0 Å². The van der Waals surface area contributed by atoms with Crippen molar-refractivity contribution < 1.29 is 14.7 Å². The Bertz CT molecular complexity index is 168. The van der Waals surface area contributed by atoms with E-state index in [4.69, 9.17) is 0 Å². The largest absolute Gasteiger partial charge is 0.382 e. The maximum atomic E-state index is 10.9. The van der Waals surface area contributed by atoms with Crippen molar-refractivity contribution in [2.75, 3.05) is 0 Å². The van der Waals surface area contributed by atoms with Crippen LogP contribution >= 0.6 is 0 Å². The van der Waals surface area contributed by atoms with E-state index < -0.39 is 11.4 Å². The molecular formula is C8H12O3. The van der Waals surface area contributed by atoms with Crippen molar-refractivity contribution in [3.8, 4) is 0 Å². The zero-order valence-electron chi connectivity index (χ0n) is 6.38. The second-order valence-electron chi connectivity index (χ2n) is 3.07. The second-order valence-corrected chi connectivity index (χ2v) is 3.07. The lowest BCUT2D eigenvalue weighted by molar-refractivity contribution is -0.145. The topological polar surface area (TPSA) is 54.4 Å². The van der Waals surface area contributed by atoms with E-state index in [0.29, 0.717) is 12.8 Å². The van der Waals surface area contributed by atoms with Crippen molar-refractivity contribution in [2.45, 2.75) is 37.7 Å². The number of carbonyl (C=O) groups is 2. The number of Topliss-reactive ketones (excluding diaryl/α,β-unsaturated/α-hetero) is 1. The zero-order chi connectivity index (χ0) is 8.32. The fourth-order valence-electron chi connectivity index (χ4n) is 1.49. The lowest BCUT2D eigenvalue weighted by Gasteiger charge is -2.28. The molecule has 1 N–H and O–H groups in total. The molecule has 1 aliphatic rings. The van der Waals surface area contributed by atoms with Gasteiger partial charge in [0.2, 0.25) is 5.78 Å². The van der Waals surface area contributed by atoms with E-state index in [1.165, 1.54) is 0 Å². The Morgan fingerprint density at radius 3 is 2.27 bits per heavy atom. The van der Waals surface area contributed by atoms with Crippen LogP contribution in [0.25, 0.3) is 0 Å². The van der Waals surface area contributed by atoms with Gasteiger partial charge in [-0.15, -0.1) is 0 Å². The average molecular weight is 156 g/mol. The van der Waals surface area contributed by atoms with Gasteiger partial charge in [0.25, 0.3) is 0 Å². The molecule has 0 radical (unpaired) electrons. The first kappa shape index (κ1) is 8.40. The first-order valence-corrected chi connectivity index (χ1v) is 3.91. The highest BCUT2D eigenvalue weighted by molar-refractivity contribution is 6.28. The van der Waals surface area contributed by atoms with Crippen LogP contribution in [-0.2, 0) is 9.59 Å². The van der Waals surface area contributed by atoms with Crippen molar-refractivity contribution in [3.05, 3.63) is 0 Å². The summed E-state index contributed by atoms with van der Waals surface area (Å²) in [5.41, 5.74) is -1.32. The van der Waals surface area contributed by atoms with Crippen molar-refractivity contribution in [3.63, 3.8) is 0 Å². The van der Waals surface area contributed by atoms with Crippen LogP contribution in [0.1, 0.15) is 32.1 Å². The Morgan fingerprint density at radius 1 is 1.27 bits per heavy atom. The molecule has 0 aromatic carbocycles. The average Bonchev–Trinajstić information content (AvgIpc) is 2.04. The molecule has 3 nitrogen and oxygen atoms in total. The van der Waals surface area contributed by atoms with Gasteiger partial charge in [0.1, 0.15) is 5.60 Å². The second kappa shape index (κ2) is 3.13. The Kier molecular flexibility index (Phi) is 2.39. The summed E-state index contributed by atoms with van der Waals surface area (Å²) in [6.07, 6.45) is 3.86. The molecule has 1 aliphatic carbocycles. The lowest BCUT2D eigenvalue weighted by Crippen LogP contribution is -2.41. The quantitative estimate of drug-likeness (QED) is 0.466. The summed E-state index contributed by atoms with van der Waals surface area (Å²) in [5.74, 6) is -0.655. The van der Waals surface area contributed by atoms with Crippen LogP contribution in [0.2, 0.25) is 0 Å². The van der Waals surface area contributed by atoms with Gasteiger partial charge in [-0.2, -0.15) is 0 Å². The van der Waals surface area contributed by atoms with Gasteiger partial charge >= 0.3 is 0 Å². The highest BCUT2D eigenvalue weighted by Gasteiger charge is 2.36. The van der Waals surface area contributed by atoms with Gasteiger partial charge in [-0.1, -0.05) is 19.3 Å². The number of rotatable bonds is 2. The predicted molar refractivity (Wildman–Crippen MR) is 39.1 cm³/mol. The number of hydrogen-bond donors (Lipinski definition) is 1. The Balaban J connectivity index is 2.63. The maximum absolute atomic E-state index is 10.9. The number of aldehydes is 1. The maximum Gasteiger partial charge on any atom is 0.226 e. The summed E-state index contributed by atoms with van der Waals surface area (Å²) in [5, 5.41) is 9.56. The number of carbonyl (C=O) groups excluding carboxylic acids is 2. The molecule has 0 aromatic rings. The van der Waals surface area contributed by atoms with Crippen LogP contribution in [0.5, 0.6) is 0 Å². The third-order valence-corrected chi connectivity index (χ3v) is 2.25. The Morgan fingerprint density at radius 2 is 1.82 bits per heavy atom. The number of hydrogen-bond acceptors (Lipinski definition) is 3. The van der Waals surface area contributed by atoms with E-state index in [2.05, 4.69) is 0 Å². The van der Waals surface area contributed by atoms with E-state index >= 15 is 0 Å². The van der Waals surface area contributed by atoms with Gasteiger partial charge < -0.3 is 5.11 Å². The van der Waals surface area contributed by atoms with E-state index in [-0.39, 0.29) is 6.29 Å². The van der Waals surface area contributed by atoms with Gasteiger partial charge in [0.15, 0.2) is 6.29 Å². The molecule has 0 amide bonds. The molecule has 0 aliphatic heterocycles. The van der Waals surface area contributed by atoms with E-state index in [9.17, 15) is 14.7 Å². The summed E-state index contributed by atoms with van der Waals surface area (Å²) in [6.45, 7) is 0. The molecule has 11 heavy (non-hydrogen) atoms. The highest BCUT2D eigenvalue weighted by Crippen LogP contribution is 2.27. The van der Waals surface area contributed by atoms with Gasteiger partial charge in [0.05, 0.1) is 0 Å². The molecule has 3 heteroatoms. The molecule has 0 saturated heterocycles. The van der Waals surface area contributed by atoms with Crippen LogP contribution in [0.4, 0.5) is 0 Å². The van der Waals surface area contributed by atoms with Gasteiger partial charge in [-0.25, -0.2) is 0 Å². The molecular weight excluding hydrogens is 144 g/mol. The van der Waals surface area contributed by atoms with Crippen LogP contribution in [0.3, 0.4) is 0 Å². The first-order valence-electron chi connectivity index (χ1n) is 3.91. The van der Waals surface area contributed by atoms with Gasteiger partial charge in [-0.05, 0) is 12.8 Å². The van der Waals surface area contributed by atoms with E-state index in [0.717, 1.165) is 19.3 Å². The van der Waals surface area contributed by atoms with Gasteiger partial charge in [-0.3, -0.25) is 9.59 Å². The fourth-order valence-corrected chi connectivity index (χ4v) is 1.49. The normalized spacial score (nSPS) is 22.6. The smallest absolute Gasteiger partial charge is 0.226 e. The standard InChI is InChI=1S/C8H12O3/c9-6-7(10)8(11)4-2-1-3-5-8/h6,11H,1-5H2. The Hall–Kier alpha value is -0.700. The van der Waals surface area contributed by atoms with E-state index in [1.54, 1.807) is 0 Å². The van der Waals surface area contributed by atoms with Crippen LogP contribution in [-0.4, -0.2) is 22.8 Å². The van der Waals surface area contributed by atoms with Crippen LogP contribution < -0.4 is 0 Å². The van der Waals surface area contributed by atoms with Crippen LogP contribution in [0.15, 0.2) is 0 Å². The monoisotopic (exact) mass is 156 g/mol. The SMILES string of the molecule is O=CC(=O)C1(O)CCCCC1. The summed E-state index contributed by atoms with van der Waals surface area (Å²) in [4.78, 5) is 21.0. The molecule has 0 aromatic heterocycles. The third-order valence-electron chi connectivity index (χ3n) is 2.25. The van der Waals surface area contributed by atoms with Crippen molar-refractivity contribution in [1.82, 2.24) is 0 Å². The summed E-state index contributed by atoms with van der Waals surface area (Å²) < 4.78 is 0. The minimum absolute atomic E-state index is 0.227. The van der Waals surface area contributed by atoms with Crippen molar-refractivity contribution >= 4 is 12.1 Å². The zero-order valence-corrected chi connectivity index (χ0v) is 6.38. The molecule has 62 valence electrons. The van der Waals surface area contributed by atoms with Crippen molar-refractivity contribution in [2.24, 2.45) is 0 Å². The molecule has 1 fully saturated rings. The molecule has 1 rings (SSSR count). The van der Waals surface area contributed by atoms with E-state index in [1.807, 2.05) is 0 Å². The molecule has 1 saturated carbocycles. The third kappa shape index (κ3) is 1.66. The molecule has 0 unspecified atom stereocenters. The highest BCUT2D eigenvalue weighted by atomic mass is 16.3. The first-order chi connectivity index (χ1) is 5.19. The minimum Gasteiger partial charge on any atom is -0.382 e. The van der Waals surface area contributed by atoms with Crippen molar-refractivity contribution in [1.29, 1.82) is 0 Å². The Labute approximate surface area is 65.4 Å². The summed E-state index contributed by atoms with van der Waals surface area (Å²) >= 11 is 0. The minimum atomic E-state index is -1.32. The molecule has 0 bridgehead atoms. The number of ketones is 1. The lowest BCUT2D eigenvalue weighted by atomic mass is 9.82. The molecule has 0 atom stereocenters. The summed E-state index contributed by atoms with van der Waals surface area (Å²) in [7, 11) is 0. The molecule has 0 spiro atoms.